The van der Waals surface area contributed by atoms with Crippen molar-refractivity contribution in [2.24, 2.45) is 10.2 Å². The van der Waals surface area contributed by atoms with Gasteiger partial charge in [0.1, 0.15) is 0 Å². The van der Waals surface area contributed by atoms with Gasteiger partial charge in [0.15, 0.2) is 0 Å². The molecular formula is C20H20N4O2. The lowest BCUT2D eigenvalue weighted by molar-refractivity contribution is -0.132. The van der Waals surface area contributed by atoms with Crippen LogP contribution in [0.4, 0.5) is 11.4 Å². The molecule has 0 spiro atoms. The normalized spacial score (nSPS) is 11.5. The van der Waals surface area contributed by atoms with Crippen LogP contribution in [0.1, 0.15) is 24.5 Å². The molecular weight excluding hydrogens is 328 g/mol. The molecule has 0 aliphatic heterocycles. The van der Waals surface area contributed by atoms with Gasteiger partial charge in [-0.2, -0.15) is 15.5 Å². The van der Waals surface area contributed by atoms with Crippen molar-refractivity contribution in [2.75, 3.05) is 6.54 Å². The van der Waals surface area contributed by atoms with E-state index in [9.17, 15) is 4.79 Å². The zero-order valence-electron chi connectivity index (χ0n) is 14.5. The molecule has 0 fully saturated rings. The van der Waals surface area contributed by atoms with Gasteiger partial charge in [0, 0.05) is 12.1 Å². The predicted molar refractivity (Wildman–Crippen MR) is 99.5 cm³/mol. The maximum Gasteiger partial charge on any atom is 0.330 e. The van der Waals surface area contributed by atoms with E-state index in [2.05, 4.69) is 21.6 Å². The van der Waals surface area contributed by atoms with Gasteiger partial charge < -0.3 is 10.4 Å². The molecule has 0 saturated carbocycles. The van der Waals surface area contributed by atoms with Gasteiger partial charge in [-0.25, -0.2) is 4.79 Å². The van der Waals surface area contributed by atoms with Gasteiger partial charge in [-0.05, 0) is 61.9 Å². The van der Waals surface area contributed by atoms with E-state index in [0.29, 0.717) is 36.3 Å². The van der Waals surface area contributed by atoms with Crippen LogP contribution in [0.5, 0.6) is 0 Å². The molecule has 6 nitrogen and oxygen atoms in total. The van der Waals surface area contributed by atoms with E-state index in [0.717, 1.165) is 11.3 Å². The van der Waals surface area contributed by atoms with Crippen LogP contribution in [-0.2, 0) is 11.3 Å². The number of carbonyl (C=O) groups is 1. The van der Waals surface area contributed by atoms with Crippen molar-refractivity contribution in [3.63, 3.8) is 0 Å². The first-order valence-corrected chi connectivity index (χ1v) is 8.20. The van der Waals surface area contributed by atoms with Gasteiger partial charge in [-0.15, -0.1) is 0 Å². The third-order valence-corrected chi connectivity index (χ3v) is 3.65. The number of hydrogen-bond acceptors (Lipinski definition) is 5. The molecule has 0 bridgehead atoms. The Labute approximate surface area is 152 Å². The van der Waals surface area contributed by atoms with Crippen molar-refractivity contribution in [2.45, 2.75) is 19.9 Å². The van der Waals surface area contributed by atoms with Crippen LogP contribution in [-0.4, -0.2) is 17.6 Å². The molecule has 0 atom stereocenters. The van der Waals surface area contributed by atoms with Gasteiger partial charge in [0.05, 0.1) is 23.0 Å². The molecule has 0 heterocycles. The highest BCUT2D eigenvalue weighted by molar-refractivity contribution is 5.85. The average Bonchev–Trinajstić information content (AvgIpc) is 2.67. The maximum absolute atomic E-state index is 10.7. The topological polar surface area (TPSA) is 97.8 Å². The molecule has 132 valence electrons. The number of nitriles is 1. The van der Waals surface area contributed by atoms with Crippen molar-refractivity contribution in [3.8, 4) is 6.07 Å². The van der Waals surface area contributed by atoms with Crippen molar-refractivity contribution < 1.29 is 9.90 Å². The highest BCUT2D eigenvalue weighted by atomic mass is 16.4. The number of carboxylic acid groups (broad SMARTS) is 1. The summed E-state index contributed by atoms with van der Waals surface area (Å²) < 4.78 is 0. The Morgan fingerprint density at radius 3 is 2.23 bits per heavy atom. The van der Waals surface area contributed by atoms with Crippen molar-refractivity contribution in [1.29, 1.82) is 5.26 Å². The zero-order valence-corrected chi connectivity index (χ0v) is 14.5. The molecule has 0 aliphatic rings. The number of nitrogens with one attached hydrogen (secondary N) is 1. The second-order valence-electron chi connectivity index (χ2n) is 5.68. The molecule has 0 aliphatic carbocycles. The highest BCUT2D eigenvalue weighted by Gasteiger charge is 1.98. The number of nitrogens with zero attached hydrogens (tertiary/aromatic N) is 3. The summed E-state index contributed by atoms with van der Waals surface area (Å²) >= 11 is 0. The molecule has 26 heavy (non-hydrogen) atoms. The van der Waals surface area contributed by atoms with Crippen LogP contribution in [0.3, 0.4) is 0 Å². The molecule has 2 aromatic rings. The molecule has 2 N–H and O–H groups in total. The van der Waals surface area contributed by atoms with E-state index in [4.69, 9.17) is 10.4 Å². The minimum Gasteiger partial charge on any atom is -0.478 e. The van der Waals surface area contributed by atoms with Crippen LogP contribution in [0.15, 0.2) is 70.4 Å². The quantitative estimate of drug-likeness (QED) is 0.417. The minimum absolute atomic E-state index is 0.365. The number of aliphatic carboxylic acids is 1. The van der Waals surface area contributed by atoms with Gasteiger partial charge in [0.2, 0.25) is 0 Å². The summed E-state index contributed by atoms with van der Waals surface area (Å²) in [6.07, 6.45) is 2.39. The van der Waals surface area contributed by atoms with Crippen molar-refractivity contribution >= 4 is 17.3 Å². The number of carboxylic acids is 1. The fourth-order valence-electron chi connectivity index (χ4n) is 2.11. The Balaban J connectivity index is 1.80. The standard InChI is InChI=1S/C20H20N4O2/c1-15(20(25)26)3-2-12-22-14-17-6-10-19(11-7-17)24-23-18-8-4-16(13-21)5-9-18/h3-11,22H,2,12,14H2,1H3,(H,25,26). The lowest BCUT2D eigenvalue weighted by Gasteiger charge is -2.04. The Hall–Kier alpha value is -3.30. The Morgan fingerprint density at radius 2 is 1.69 bits per heavy atom. The van der Waals surface area contributed by atoms with Crippen LogP contribution in [0.25, 0.3) is 0 Å². The summed E-state index contributed by atoms with van der Waals surface area (Å²) in [4.78, 5) is 10.7. The minimum atomic E-state index is -0.879. The Morgan fingerprint density at radius 1 is 1.12 bits per heavy atom. The number of azo groups is 1. The first kappa shape index (κ1) is 19.0. The summed E-state index contributed by atoms with van der Waals surface area (Å²) in [7, 11) is 0. The lowest BCUT2D eigenvalue weighted by atomic mass is 10.2. The van der Waals surface area contributed by atoms with Crippen LogP contribution in [0.2, 0.25) is 0 Å². The summed E-state index contributed by atoms with van der Waals surface area (Å²) in [5, 5.41) is 29.1. The van der Waals surface area contributed by atoms with Gasteiger partial charge in [0.25, 0.3) is 0 Å². The van der Waals surface area contributed by atoms with Crippen molar-refractivity contribution in [1.82, 2.24) is 5.32 Å². The first-order chi connectivity index (χ1) is 12.6. The van der Waals surface area contributed by atoms with E-state index in [-0.39, 0.29) is 0 Å². The molecule has 0 aromatic heterocycles. The van der Waals surface area contributed by atoms with Gasteiger partial charge >= 0.3 is 5.97 Å². The third kappa shape index (κ3) is 6.30. The van der Waals surface area contributed by atoms with E-state index in [1.165, 1.54) is 0 Å². The van der Waals surface area contributed by atoms with Crippen LogP contribution < -0.4 is 5.32 Å². The highest BCUT2D eigenvalue weighted by Crippen LogP contribution is 2.19. The lowest BCUT2D eigenvalue weighted by Crippen LogP contribution is -2.14. The van der Waals surface area contributed by atoms with E-state index in [1.807, 2.05) is 24.3 Å². The van der Waals surface area contributed by atoms with E-state index >= 15 is 0 Å². The van der Waals surface area contributed by atoms with E-state index < -0.39 is 5.97 Å². The van der Waals surface area contributed by atoms with Crippen LogP contribution in [0, 0.1) is 11.3 Å². The summed E-state index contributed by atoms with van der Waals surface area (Å²) in [5.41, 5.74) is 3.51. The fraction of sp³-hybridized carbons (Fsp3) is 0.200. The number of rotatable bonds is 8. The van der Waals surface area contributed by atoms with E-state index in [1.54, 1.807) is 37.3 Å². The van der Waals surface area contributed by atoms with Crippen LogP contribution >= 0.6 is 0 Å². The Bertz CT molecular complexity index is 832. The van der Waals surface area contributed by atoms with Crippen molar-refractivity contribution in [3.05, 3.63) is 71.3 Å². The summed E-state index contributed by atoms with van der Waals surface area (Å²) in [6, 6.07) is 16.7. The SMILES string of the molecule is CC(=CCCNCc1ccc(N=Nc2ccc(C#N)cc2)cc1)C(=O)O. The largest absolute Gasteiger partial charge is 0.478 e. The van der Waals surface area contributed by atoms with Gasteiger partial charge in [-0.1, -0.05) is 18.2 Å². The summed E-state index contributed by atoms with van der Waals surface area (Å²) in [6.45, 7) is 3.01. The van der Waals surface area contributed by atoms with Gasteiger partial charge in [-0.3, -0.25) is 0 Å². The maximum atomic E-state index is 10.7. The zero-order chi connectivity index (χ0) is 18.8. The molecule has 0 saturated heterocycles. The molecule has 0 radical (unpaired) electrons. The second-order valence-corrected chi connectivity index (χ2v) is 5.68. The smallest absolute Gasteiger partial charge is 0.330 e. The average molecular weight is 348 g/mol. The second kappa shape index (κ2) is 9.87. The number of benzene rings is 2. The monoisotopic (exact) mass is 348 g/mol. The Kier molecular flexibility index (Phi) is 7.22. The molecule has 2 aromatic carbocycles. The third-order valence-electron chi connectivity index (χ3n) is 3.65. The fourth-order valence-corrected chi connectivity index (χ4v) is 2.11. The summed E-state index contributed by atoms with van der Waals surface area (Å²) in [5.74, 6) is -0.879. The molecule has 6 heteroatoms. The number of hydrogen-bond donors (Lipinski definition) is 2. The molecule has 0 amide bonds. The first-order valence-electron chi connectivity index (χ1n) is 8.20. The molecule has 0 unspecified atom stereocenters. The predicted octanol–water partition coefficient (Wildman–Crippen LogP) is 4.48. The molecule has 2 rings (SSSR count).